The number of halogens is 3. The van der Waals surface area contributed by atoms with Gasteiger partial charge in [0.15, 0.2) is 0 Å². The maximum absolute atomic E-state index is 14.0. The van der Waals surface area contributed by atoms with E-state index in [9.17, 15) is 26.7 Å². The van der Waals surface area contributed by atoms with Crippen molar-refractivity contribution in [3.63, 3.8) is 0 Å². The van der Waals surface area contributed by atoms with E-state index in [1.54, 1.807) is 13.8 Å². The van der Waals surface area contributed by atoms with Crippen LogP contribution in [0.3, 0.4) is 0 Å². The van der Waals surface area contributed by atoms with Crippen LogP contribution < -0.4 is 4.31 Å². The number of aliphatic hydroxyl groups is 1. The molecule has 0 saturated heterocycles. The lowest BCUT2D eigenvalue weighted by Crippen LogP contribution is -2.43. The lowest BCUT2D eigenvalue weighted by Gasteiger charge is -2.33. The first kappa shape index (κ1) is 24.3. The zero-order valence-corrected chi connectivity index (χ0v) is 18.6. The molecule has 0 saturated carbocycles. The van der Waals surface area contributed by atoms with E-state index in [4.69, 9.17) is 5.26 Å². The van der Waals surface area contributed by atoms with Gasteiger partial charge in [0.2, 0.25) is 5.60 Å². The summed E-state index contributed by atoms with van der Waals surface area (Å²) < 4.78 is 69.5. The molecular formula is C24H21F3N2O3S. The highest BCUT2D eigenvalue weighted by Gasteiger charge is 2.56. The molecule has 0 amide bonds. The lowest BCUT2D eigenvalue weighted by molar-refractivity contribution is -0.248. The van der Waals surface area contributed by atoms with Crippen LogP contribution in [0.2, 0.25) is 0 Å². The first-order chi connectivity index (χ1) is 15.4. The number of alkyl halides is 3. The Morgan fingerprint density at radius 3 is 2.00 bits per heavy atom. The van der Waals surface area contributed by atoms with Crippen LogP contribution in [0.25, 0.3) is 0 Å². The Morgan fingerprint density at radius 2 is 1.48 bits per heavy atom. The molecule has 3 aromatic carbocycles. The van der Waals surface area contributed by atoms with Crippen LogP contribution in [0.4, 0.5) is 18.9 Å². The van der Waals surface area contributed by atoms with Crippen molar-refractivity contribution in [1.29, 1.82) is 5.26 Å². The first-order valence-electron chi connectivity index (χ1n) is 9.92. The summed E-state index contributed by atoms with van der Waals surface area (Å²) in [5, 5.41) is 19.8. The summed E-state index contributed by atoms with van der Waals surface area (Å²) in [4.78, 5) is -0.115. The molecule has 1 atom stereocenters. The van der Waals surface area contributed by atoms with E-state index < -0.39 is 33.4 Å². The second-order valence-electron chi connectivity index (χ2n) is 7.66. The van der Waals surface area contributed by atoms with Crippen molar-refractivity contribution in [1.82, 2.24) is 0 Å². The van der Waals surface area contributed by atoms with E-state index in [0.29, 0.717) is 0 Å². The third kappa shape index (κ3) is 4.45. The third-order valence-corrected chi connectivity index (χ3v) is 7.13. The first-order valence-corrected chi connectivity index (χ1v) is 11.4. The molecule has 3 rings (SSSR count). The number of anilines is 1. The molecule has 3 aromatic rings. The van der Waals surface area contributed by atoms with Crippen molar-refractivity contribution in [3.05, 3.63) is 95.6 Å². The van der Waals surface area contributed by atoms with Crippen molar-refractivity contribution < 1.29 is 26.7 Å². The van der Waals surface area contributed by atoms with Gasteiger partial charge in [-0.2, -0.15) is 18.4 Å². The summed E-state index contributed by atoms with van der Waals surface area (Å²) in [6, 6.07) is 18.0. The van der Waals surface area contributed by atoms with Crippen molar-refractivity contribution in [3.8, 4) is 6.07 Å². The fraction of sp³-hybridized carbons (Fsp3) is 0.208. The quantitative estimate of drug-likeness (QED) is 0.548. The van der Waals surface area contributed by atoms with E-state index in [-0.39, 0.29) is 21.7 Å². The van der Waals surface area contributed by atoms with Crippen LogP contribution in [0.15, 0.2) is 83.8 Å². The molecule has 172 valence electrons. The van der Waals surface area contributed by atoms with Crippen LogP contribution >= 0.6 is 0 Å². The maximum atomic E-state index is 14.0. The van der Waals surface area contributed by atoms with Gasteiger partial charge in [0.05, 0.1) is 22.2 Å². The van der Waals surface area contributed by atoms with Gasteiger partial charge in [0, 0.05) is 6.04 Å². The van der Waals surface area contributed by atoms with E-state index in [2.05, 4.69) is 0 Å². The smallest absolute Gasteiger partial charge is 0.372 e. The molecule has 1 unspecified atom stereocenters. The zero-order chi connectivity index (χ0) is 24.4. The fourth-order valence-corrected chi connectivity index (χ4v) is 5.28. The Hall–Kier alpha value is -3.35. The molecule has 0 aromatic heterocycles. The molecule has 9 heteroatoms. The molecule has 33 heavy (non-hydrogen) atoms. The highest BCUT2D eigenvalue weighted by Crippen LogP contribution is 2.44. The zero-order valence-electron chi connectivity index (χ0n) is 17.8. The molecule has 1 N–H and O–H groups in total. The minimum absolute atomic E-state index is 0.115. The largest absolute Gasteiger partial charge is 0.425 e. The van der Waals surface area contributed by atoms with Gasteiger partial charge in [-0.15, -0.1) is 0 Å². The Balaban J connectivity index is 2.09. The van der Waals surface area contributed by atoms with E-state index >= 15 is 0 Å². The molecule has 0 fully saturated rings. The van der Waals surface area contributed by atoms with Gasteiger partial charge >= 0.3 is 6.18 Å². The number of nitriles is 1. The van der Waals surface area contributed by atoms with Gasteiger partial charge in [-0.25, -0.2) is 8.42 Å². The van der Waals surface area contributed by atoms with Gasteiger partial charge in [-0.1, -0.05) is 48.5 Å². The minimum atomic E-state index is -5.02. The number of hydrogen-bond donors (Lipinski definition) is 1. The number of nitrogens with zero attached hydrogens (tertiary/aromatic N) is 2. The fourth-order valence-electron chi connectivity index (χ4n) is 3.58. The highest BCUT2D eigenvalue weighted by molar-refractivity contribution is 7.92. The second kappa shape index (κ2) is 8.89. The predicted molar refractivity (Wildman–Crippen MR) is 118 cm³/mol. The normalized spacial score (nSPS) is 13.9. The number of hydrogen-bond acceptors (Lipinski definition) is 4. The van der Waals surface area contributed by atoms with E-state index in [1.807, 2.05) is 6.07 Å². The molecule has 0 aliphatic heterocycles. The summed E-state index contributed by atoms with van der Waals surface area (Å²) in [6.07, 6.45) is -5.02. The van der Waals surface area contributed by atoms with Crippen molar-refractivity contribution in [2.45, 2.75) is 36.6 Å². The second-order valence-corrected chi connectivity index (χ2v) is 9.47. The topological polar surface area (TPSA) is 81.4 Å². The van der Waals surface area contributed by atoms with Crippen molar-refractivity contribution in [2.75, 3.05) is 4.31 Å². The third-order valence-electron chi connectivity index (χ3n) is 5.13. The summed E-state index contributed by atoms with van der Waals surface area (Å²) in [5.74, 6) is 0. The molecule has 0 spiro atoms. The molecule has 5 nitrogen and oxygen atoms in total. The minimum Gasteiger partial charge on any atom is -0.372 e. The Bertz CT molecular complexity index is 1270. The SMILES string of the molecule is CC(C)N(c1ccc(C(O)(c2ccccc2)C(F)(F)F)cc1)S(=O)(=O)c1cccc(C#N)c1. The van der Waals surface area contributed by atoms with Crippen LogP contribution in [-0.4, -0.2) is 25.7 Å². The van der Waals surface area contributed by atoms with Crippen molar-refractivity contribution >= 4 is 15.7 Å². The number of benzene rings is 3. The van der Waals surface area contributed by atoms with Gasteiger partial charge < -0.3 is 5.11 Å². The van der Waals surface area contributed by atoms with Gasteiger partial charge in [0.25, 0.3) is 10.0 Å². The number of rotatable bonds is 6. The summed E-state index contributed by atoms with van der Waals surface area (Å²) >= 11 is 0. The Morgan fingerprint density at radius 1 is 0.909 bits per heavy atom. The highest BCUT2D eigenvalue weighted by atomic mass is 32.2. The molecular weight excluding hydrogens is 453 g/mol. The van der Waals surface area contributed by atoms with E-state index in [0.717, 1.165) is 16.4 Å². The van der Waals surface area contributed by atoms with Gasteiger partial charge in [0.1, 0.15) is 0 Å². The predicted octanol–water partition coefficient (Wildman–Crippen LogP) is 4.96. The summed E-state index contributed by atoms with van der Waals surface area (Å²) in [5.41, 5.74) is -3.79. The molecule has 0 aliphatic carbocycles. The molecule has 0 bridgehead atoms. The molecule has 0 heterocycles. The van der Waals surface area contributed by atoms with E-state index in [1.165, 1.54) is 66.7 Å². The Labute approximate surface area is 190 Å². The van der Waals surface area contributed by atoms with Gasteiger partial charge in [-0.3, -0.25) is 4.31 Å². The van der Waals surface area contributed by atoms with Crippen LogP contribution in [0, 0.1) is 11.3 Å². The monoisotopic (exact) mass is 474 g/mol. The average molecular weight is 475 g/mol. The van der Waals surface area contributed by atoms with Crippen molar-refractivity contribution in [2.24, 2.45) is 0 Å². The Kier molecular flexibility index (Phi) is 6.54. The standard InChI is InChI=1S/C24H21F3N2O3S/c1-17(2)29(33(31,32)22-10-6-7-18(15-22)16-28)21-13-11-20(12-14-21)23(30,24(25,26)27)19-8-4-3-5-9-19/h3-15,17,30H,1-2H3. The summed E-state index contributed by atoms with van der Waals surface area (Å²) in [7, 11) is -4.12. The van der Waals surface area contributed by atoms with Gasteiger partial charge in [-0.05, 0) is 55.3 Å². The number of sulfonamides is 1. The summed E-state index contributed by atoms with van der Waals surface area (Å²) in [6.45, 7) is 3.24. The lowest BCUT2D eigenvalue weighted by atomic mass is 9.85. The average Bonchev–Trinajstić information content (AvgIpc) is 2.78. The molecule has 0 radical (unpaired) electrons. The van der Waals surface area contributed by atoms with Crippen LogP contribution in [0.5, 0.6) is 0 Å². The van der Waals surface area contributed by atoms with Crippen LogP contribution in [0.1, 0.15) is 30.5 Å². The maximum Gasteiger partial charge on any atom is 0.425 e. The van der Waals surface area contributed by atoms with Crippen LogP contribution in [-0.2, 0) is 15.6 Å². The molecule has 0 aliphatic rings.